The normalized spacial score (nSPS) is 23.7. The summed E-state index contributed by atoms with van der Waals surface area (Å²) in [5.41, 5.74) is 4.69. The number of nitrogens with zero attached hydrogens (tertiary/aromatic N) is 4. The van der Waals surface area contributed by atoms with Gasteiger partial charge in [-0.1, -0.05) is 36.4 Å². The van der Waals surface area contributed by atoms with Gasteiger partial charge in [-0.25, -0.2) is 0 Å². The van der Waals surface area contributed by atoms with Crippen LogP contribution < -0.4 is 0 Å². The van der Waals surface area contributed by atoms with E-state index in [4.69, 9.17) is 9.73 Å². The Balaban J connectivity index is 1.12. The number of aryl methyl sites for hydroxylation is 1. The van der Waals surface area contributed by atoms with Crippen LogP contribution in [0.15, 0.2) is 59.6 Å². The molecule has 38 heavy (non-hydrogen) atoms. The molecule has 0 bridgehead atoms. The van der Waals surface area contributed by atoms with Crippen molar-refractivity contribution in [3.63, 3.8) is 0 Å². The number of likely N-dealkylation sites (tertiary alicyclic amines) is 1. The number of amides is 1. The summed E-state index contributed by atoms with van der Waals surface area (Å²) >= 11 is 0. The molecule has 0 radical (unpaired) electrons. The smallest absolute Gasteiger partial charge is 0.251 e. The lowest BCUT2D eigenvalue weighted by atomic mass is 9.95. The Labute approximate surface area is 221 Å². The van der Waals surface area contributed by atoms with Crippen molar-refractivity contribution in [2.24, 2.45) is 10.9 Å². The molecule has 2 saturated heterocycles. The van der Waals surface area contributed by atoms with E-state index in [9.17, 15) is 15.2 Å². The van der Waals surface area contributed by atoms with Crippen molar-refractivity contribution < 1.29 is 14.6 Å². The van der Waals surface area contributed by atoms with Crippen molar-refractivity contribution >= 4 is 22.5 Å². The molecule has 3 heterocycles. The Morgan fingerprint density at radius 2 is 1.82 bits per heavy atom. The molecule has 3 aromatic carbocycles. The van der Waals surface area contributed by atoms with Gasteiger partial charge in [0.2, 0.25) is 0 Å². The number of fused-ring (bicyclic) bond motifs is 1. The molecule has 7 nitrogen and oxygen atoms in total. The zero-order chi connectivity index (χ0) is 26.0. The number of amidine groups is 1. The first kappa shape index (κ1) is 23.4. The molecule has 3 fully saturated rings. The van der Waals surface area contributed by atoms with Crippen molar-refractivity contribution in [1.82, 2.24) is 9.80 Å². The maximum absolute atomic E-state index is 12.4. The number of ether oxygens (including phenoxy) is 1. The maximum atomic E-state index is 12.4. The van der Waals surface area contributed by atoms with Gasteiger partial charge in [-0.3, -0.25) is 9.79 Å². The standard InChI is InChI=1S/C31H30N4O3/c1-19-12-22(25-5-4-23-13-20(15-32)2-3-24(23)14-25)6-7-26(19)28-33-31(9-10-31)30(37)35(28)18-21-16-34(17-21)29(36)27-8-11-38-27/h2-7,12-14,21,27,30,37H,8-11,16-18H2,1H3. The number of aliphatic hydroxyl groups is 1. The van der Waals surface area contributed by atoms with Gasteiger partial charge in [-0.05, 0) is 65.4 Å². The highest BCUT2D eigenvalue weighted by molar-refractivity contribution is 6.02. The Kier molecular flexibility index (Phi) is 5.33. The third-order valence-electron chi connectivity index (χ3n) is 8.61. The Hall–Kier alpha value is -3.73. The molecule has 3 aromatic rings. The molecule has 192 valence electrons. The van der Waals surface area contributed by atoms with Crippen LogP contribution in [0.5, 0.6) is 0 Å². The second-order valence-electron chi connectivity index (χ2n) is 11.2. The first-order valence-electron chi connectivity index (χ1n) is 13.4. The zero-order valence-electron chi connectivity index (χ0n) is 21.4. The SMILES string of the molecule is Cc1cc(-c2ccc3cc(C#N)ccc3c2)ccc1C1=NC2(CC2)C(O)N1CC1CN(C(=O)C2CCO2)C1. The molecular formula is C31H30N4O3. The molecule has 1 aliphatic carbocycles. The summed E-state index contributed by atoms with van der Waals surface area (Å²) in [6, 6.07) is 20.7. The lowest BCUT2D eigenvalue weighted by Crippen LogP contribution is -2.59. The van der Waals surface area contributed by atoms with E-state index in [0.717, 1.165) is 58.1 Å². The third kappa shape index (κ3) is 3.79. The molecule has 7 heteroatoms. The minimum absolute atomic E-state index is 0.104. The minimum atomic E-state index is -0.616. The fourth-order valence-electron chi connectivity index (χ4n) is 6.00. The summed E-state index contributed by atoms with van der Waals surface area (Å²) in [6.45, 7) is 4.88. The maximum Gasteiger partial charge on any atom is 0.251 e. The summed E-state index contributed by atoms with van der Waals surface area (Å²) in [6.07, 6.45) is 1.77. The van der Waals surface area contributed by atoms with Crippen molar-refractivity contribution in [1.29, 1.82) is 5.26 Å². The van der Waals surface area contributed by atoms with E-state index in [1.807, 2.05) is 23.1 Å². The van der Waals surface area contributed by atoms with Crippen LogP contribution in [-0.2, 0) is 9.53 Å². The fourth-order valence-corrected chi connectivity index (χ4v) is 6.00. The van der Waals surface area contributed by atoms with Gasteiger partial charge in [0.15, 0.2) is 6.23 Å². The van der Waals surface area contributed by atoms with E-state index >= 15 is 0 Å². The van der Waals surface area contributed by atoms with E-state index in [-0.39, 0.29) is 17.6 Å². The van der Waals surface area contributed by atoms with E-state index in [1.165, 1.54) is 0 Å². The van der Waals surface area contributed by atoms with E-state index in [0.29, 0.717) is 37.7 Å². The lowest BCUT2D eigenvalue weighted by molar-refractivity contribution is -0.163. The van der Waals surface area contributed by atoms with Crippen LogP contribution in [0.2, 0.25) is 0 Å². The molecule has 1 amide bonds. The number of benzene rings is 3. The highest BCUT2D eigenvalue weighted by Gasteiger charge is 2.57. The molecule has 2 unspecified atom stereocenters. The van der Waals surface area contributed by atoms with Gasteiger partial charge in [0, 0.05) is 37.5 Å². The summed E-state index contributed by atoms with van der Waals surface area (Å²) < 4.78 is 5.36. The van der Waals surface area contributed by atoms with Crippen molar-refractivity contribution in [3.8, 4) is 17.2 Å². The number of nitriles is 1. The van der Waals surface area contributed by atoms with Crippen LogP contribution in [0, 0.1) is 24.2 Å². The van der Waals surface area contributed by atoms with Crippen LogP contribution in [0.1, 0.15) is 36.0 Å². The van der Waals surface area contributed by atoms with Gasteiger partial charge in [0.25, 0.3) is 5.91 Å². The van der Waals surface area contributed by atoms with Crippen LogP contribution in [0.4, 0.5) is 0 Å². The van der Waals surface area contributed by atoms with Crippen LogP contribution in [0.25, 0.3) is 21.9 Å². The van der Waals surface area contributed by atoms with Gasteiger partial charge in [-0.15, -0.1) is 0 Å². The fraction of sp³-hybridized carbons (Fsp3) is 0.387. The Bertz CT molecular complexity index is 1530. The summed E-state index contributed by atoms with van der Waals surface area (Å²) in [7, 11) is 0. The summed E-state index contributed by atoms with van der Waals surface area (Å²) in [5, 5.41) is 22.6. The van der Waals surface area contributed by atoms with Gasteiger partial charge < -0.3 is 19.6 Å². The Morgan fingerprint density at radius 3 is 2.50 bits per heavy atom. The molecule has 1 saturated carbocycles. The molecule has 1 N–H and O–H groups in total. The molecule has 4 aliphatic rings. The molecule has 2 atom stereocenters. The molecule has 1 spiro atoms. The van der Waals surface area contributed by atoms with E-state index < -0.39 is 6.23 Å². The highest BCUT2D eigenvalue weighted by atomic mass is 16.5. The first-order valence-corrected chi connectivity index (χ1v) is 13.4. The predicted octanol–water partition coefficient (Wildman–Crippen LogP) is 3.85. The molecular weight excluding hydrogens is 476 g/mol. The number of carbonyl (C=O) groups excluding carboxylic acids is 1. The first-order chi connectivity index (χ1) is 18.4. The number of aliphatic hydroxyl groups excluding tert-OH is 1. The molecule has 7 rings (SSSR count). The average Bonchev–Trinajstić information content (AvgIpc) is 3.60. The largest absolute Gasteiger partial charge is 0.371 e. The number of hydrogen-bond donors (Lipinski definition) is 1. The minimum Gasteiger partial charge on any atom is -0.371 e. The van der Waals surface area contributed by atoms with E-state index in [1.54, 1.807) is 0 Å². The average molecular weight is 507 g/mol. The van der Waals surface area contributed by atoms with Crippen LogP contribution in [-0.4, -0.2) is 70.8 Å². The van der Waals surface area contributed by atoms with Crippen molar-refractivity contribution in [2.45, 2.75) is 44.1 Å². The van der Waals surface area contributed by atoms with Crippen LogP contribution >= 0.6 is 0 Å². The summed E-state index contributed by atoms with van der Waals surface area (Å²) in [4.78, 5) is 21.5. The second kappa shape index (κ2) is 8.65. The second-order valence-corrected chi connectivity index (χ2v) is 11.2. The number of carbonyl (C=O) groups is 1. The predicted molar refractivity (Wildman–Crippen MR) is 144 cm³/mol. The summed E-state index contributed by atoms with van der Waals surface area (Å²) in [5.74, 6) is 1.29. The van der Waals surface area contributed by atoms with Gasteiger partial charge >= 0.3 is 0 Å². The Morgan fingerprint density at radius 1 is 1.11 bits per heavy atom. The zero-order valence-corrected chi connectivity index (χ0v) is 21.4. The lowest BCUT2D eigenvalue weighted by Gasteiger charge is -2.44. The quantitative estimate of drug-likeness (QED) is 0.568. The van der Waals surface area contributed by atoms with Gasteiger partial charge in [-0.2, -0.15) is 5.26 Å². The third-order valence-corrected chi connectivity index (χ3v) is 8.61. The van der Waals surface area contributed by atoms with E-state index in [2.05, 4.69) is 54.3 Å². The van der Waals surface area contributed by atoms with Crippen LogP contribution in [0.3, 0.4) is 0 Å². The topological polar surface area (TPSA) is 89.2 Å². The molecule has 3 aliphatic heterocycles. The van der Waals surface area contributed by atoms with Crippen molar-refractivity contribution in [2.75, 3.05) is 26.2 Å². The van der Waals surface area contributed by atoms with Gasteiger partial charge in [0.05, 0.1) is 18.2 Å². The highest BCUT2D eigenvalue weighted by Crippen LogP contribution is 2.49. The number of rotatable bonds is 5. The number of aliphatic imine (C=N–C) groups is 1. The van der Waals surface area contributed by atoms with Crippen molar-refractivity contribution in [3.05, 3.63) is 71.3 Å². The number of hydrogen-bond acceptors (Lipinski definition) is 6. The molecule has 0 aromatic heterocycles. The monoisotopic (exact) mass is 506 g/mol. The van der Waals surface area contributed by atoms with Gasteiger partial charge in [0.1, 0.15) is 17.5 Å².